The van der Waals surface area contributed by atoms with Crippen molar-refractivity contribution in [3.8, 4) is 17.6 Å². The van der Waals surface area contributed by atoms with Crippen LogP contribution in [-0.2, 0) is 17.7 Å². The Morgan fingerprint density at radius 3 is 2.42 bits per heavy atom. The number of halogens is 1. The second-order valence-corrected chi connectivity index (χ2v) is 10.3. The van der Waals surface area contributed by atoms with Gasteiger partial charge in [0.1, 0.15) is 23.1 Å². The average molecular weight is 581 g/mol. The molecule has 1 atom stereocenters. The summed E-state index contributed by atoms with van der Waals surface area (Å²) in [5.41, 5.74) is 3.02. The average Bonchev–Trinajstić information content (AvgIpc) is 3.36. The first-order valence-electron chi connectivity index (χ1n) is 14.0. The van der Waals surface area contributed by atoms with Crippen molar-refractivity contribution in [2.45, 2.75) is 25.9 Å². The number of allylic oxidation sites excluding steroid dienone is 1. The Balaban J connectivity index is 1.72. The number of nitriles is 1. The molecule has 0 bridgehead atoms. The van der Waals surface area contributed by atoms with Crippen LogP contribution >= 0.6 is 0 Å². The van der Waals surface area contributed by atoms with Crippen molar-refractivity contribution in [1.82, 2.24) is 9.47 Å². The molecule has 1 unspecified atom stereocenters. The van der Waals surface area contributed by atoms with Crippen LogP contribution in [0.3, 0.4) is 0 Å². The number of esters is 1. The minimum atomic E-state index is -0.815. The predicted octanol–water partition coefficient (Wildman–Crippen LogP) is 6.15. The molecule has 0 aliphatic carbocycles. The van der Waals surface area contributed by atoms with Gasteiger partial charge in [-0.3, -0.25) is 4.90 Å². The van der Waals surface area contributed by atoms with Gasteiger partial charge in [0.15, 0.2) is 5.69 Å². The predicted molar refractivity (Wildman–Crippen MR) is 162 cm³/mol. The van der Waals surface area contributed by atoms with Crippen molar-refractivity contribution in [2.24, 2.45) is 0 Å². The van der Waals surface area contributed by atoms with Crippen LogP contribution in [0, 0.1) is 17.1 Å². The van der Waals surface area contributed by atoms with Gasteiger partial charge in [-0.1, -0.05) is 48.5 Å². The van der Waals surface area contributed by atoms with E-state index in [2.05, 4.69) is 11.0 Å². The van der Waals surface area contributed by atoms with Crippen molar-refractivity contribution < 1.29 is 23.8 Å². The number of ether oxygens (including phenoxy) is 2. The van der Waals surface area contributed by atoms with E-state index in [-0.39, 0.29) is 24.5 Å². The Kier molecular flexibility index (Phi) is 8.79. The van der Waals surface area contributed by atoms with Crippen molar-refractivity contribution >= 4 is 17.5 Å². The lowest BCUT2D eigenvalue weighted by atomic mass is 9.92. The molecule has 8 nitrogen and oxygen atoms in total. The maximum atomic E-state index is 15.0. The van der Waals surface area contributed by atoms with Crippen LogP contribution < -0.4 is 9.64 Å². The van der Waals surface area contributed by atoms with E-state index in [1.54, 1.807) is 36.8 Å². The van der Waals surface area contributed by atoms with E-state index >= 15 is 4.39 Å². The molecule has 5 rings (SSSR count). The van der Waals surface area contributed by atoms with Gasteiger partial charge < -0.3 is 24.0 Å². The summed E-state index contributed by atoms with van der Waals surface area (Å²) < 4.78 is 27.3. The summed E-state index contributed by atoms with van der Waals surface area (Å²) in [4.78, 5) is 17.2. The van der Waals surface area contributed by atoms with Gasteiger partial charge in [0.2, 0.25) is 0 Å². The molecule has 43 heavy (non-hydrogen) atoms. The summed E-state index contributed by atoms with van der Waals surface area (Å²) in [6.07, 6.45) is 0.0659. The van der Waals surface area contributed by atoms with Gasteiger partial charge in [-0.2, -0.15) is 5.26 Å². The molecule has 3 aromatic carbocycles. The number of aromatic hydroxyl groups is 1. The standard InChI is InChI=1S/C34H33FN4O4/c1-4-43-34(41)33-30(40)19-31-38(22-37(2)21-23-10-6-5-7-11-23)32(24-14-16-26(42-3)17-15-24)27(20-36)29(39(31)33)18-25-12-8-9-13-28(25)35/h5-17,19,29,40H,4,18,21-22H2,1-3H3. The number of hydrogen-bond acceptors (Lipinski definition) is 7. The first-order chi connectivity index (χ1) is 20.9. The van der Waals surface area contributed by atoms with Gasteiger partial charge in [-0.05, 0) is 61.0 Å². The third-order valence-corrected chi connectivity index (χ3v) is 7.44. The van der Waals surface area contributed by atoms with Gasteiger partial charge >= 0.3 is 5.97 Å². The largest absolute Gasteiger partial charge is 0.505 e. The molecule has 9 heteroatoms. The lowest BCUT2D eigenvalue weighted by Crippen LogP contribution is -2.40. The number of benzene rings is 3. The Labute approximate surface area is 250 Å². The maximum Gasteiger partial charge on any atom is 0.358 e. The first-order valence-corrected chi connectivity index (χ1v) is 14.0. The fourth-order valence-electron chi connectivity index (χ4n) is 5.55. The van der Waals surface area contributed by atoms with Crippen molar-refractivity contribution in [2.75, 3.05) is 32.3 Å². The van der Waals surface area contributed by atoms with Crippen LogP contribution in [0.2, 0.25) is 0 Å². The molecule has 0 saturated heterocycles. The fraction of sp³-hybridized carbons (Fsp3) is 0.235. The van der Waals surface area contributed by atoms with Crippen LogP contribution in [0.4, 0.5) is 10.2 Å². The Hall–Kier alpha value is -5.07. The number of carbonyl (C=O) groups excluding carboxylic acids is 1. The van der Waals surface area contributed by atoms with E-state index in [1.165, 1.54) is 12.1 Å². The molecule has 1 N–H and O–H groups in total. The highest BCUT2D eigenvalue weighted by molar-refractivity contribution is 5.95. The zero-order valence-electron chi connectivity index (χ0n) is 24.3. The van der Waals surface area contributed by atoms with E-state index in [0.717, 1.165) is 11.1 Å². The zero-order chi connectivity index (χ0) is 30.5. The topological polar surface area (TPSA) is 91.0 Å². The van der Waals surface area contributed by atoms with Crippen LogP contribution in [-0.4, -0.2) is 48.0 Å². The molecule has 2 heterocycles. The van der Waals surface area contributed by atoms with Crippen molar-refractivity contribution in [1.29, 1.82) is 5.26 Å². The number of rotatable bonds is 10. The highest BCUT2D eigenvalue weighted by Gasteiger charge is 2.39. The number of aromatic nitrogens is 1. The van der Waals surface area contributed by atoms with Gasteiger partial charge in [-0.25, -0.2) is 9.18 Å². The van der Waals surface area contributed by atoms with Crippen molar-refractivity contribution in [3.05, 3.63) is 119 Å². The van der Waals surface area contributed by atoms with E-state index in [4.69, 9.17) is 9.47 Å². The molecule has 4 aromatic rings. The van der Waals surface area contributed by atoms with Crippen molar-refractivity contribution in [3.63, 3.8) is 0 Å². The number of carbonyl (C=O) groups is 1. The summed E-state index contributed by atoms with van der Waals surface area (Å²) in [7, 11) is 3.53. The molecule has 0 radical (unpaired) electrons. The Morgan fingerprint density at radius 1 is 1.07 bits per heavy atom. The SMILES string of the molecule is CCOC(=O)c1c(O)cc2n1C(Cc1ccccc1F)C(C#N)=C(c1ccc(OC)cc1)N2CN(C)Cc1ccccc1. The van der Waals surface area contributed by atoms with Gasteiger partial charge in [0.25, 0.3) is 0 Å². The Morgan fingerprint density at radius 2 is 1.77 bits per heavy atom. The summed E-state index contributed by atoms with van der Waals surface area (Å²) in [5.74, 6) is -0.304. The van der Waals surface area contributed by atoms with Crippen LogP contribution in [0.25, 0.3) is 5.70 Å². The molecule has 1 aliphatic heterocycles. The molecule has 220 valence electrons. The molecule has 0 fully saturated rings. The quantitative estimate of drug-likeness (QED) is 0.225. The maximum absolute atomic E-state index is 15.0. The van der Waals surface area contributed by atoms with Crippen LogP contribution in [0.15, 0.2) is 90.5 Å². The summed E-state index contributed by atoms with van der Waals surface area (Å²) >= 11 is 0. The number of methoxy groups -OCH3 is 1. The summed E-state index contributed by atoms with van der Waals surface area (Å²) in [5, 5.41) is 21.9. The minimum absolute atomic E-state index is 0.0659. The van der Waals surface area contributed by atoms with E-state index in [0.29, 0.717) is 41.6 Å². The van der Waals surface area contributed by atoms with Gasteiger partial charge in [0, 0.05) is 19.0 Å². The normalized spacial score (nSPS) is 14.4. The minimum Gasteiger partial charge on any atom is -0.505 e. The van der Waals surface area contributed by atoms with Gasteiger partial charge in [0.05, 0.1) is 43.8 Å². The summed E-state index contributed by atoms with van der Waals surface area (Å²) in [6.45, 7) is 2.68. The number of hydrogen-bond donors (Lipinski definition) is 1. The highest BCUT2D eigenvalue weighted by Crippen LogP contribution is 2.46. The van der Waals surface area contributed by atoms with Crippen LogP contribution in [0.1, 0.15) is 40.1 Å². The van der Waals surface area contributed by atoms with Crippen LogP contribution in [0.5, 0.6) is 11.5 Å². The fourth-order valence-corrected chi connectivity index (χ4v) is 5.55. The number of nitrogens with zero attached hydrogens (tertiary/aromatic N) is 4. The lowest BCUT2D eigenvalue weighted by Gasteiger charge is -2.40. The third kappa shape index (κ3) is 5.96. The lowest BCUT2D eigenvalue weighted by molar-refractivity contribution is 0.0508. The Bertz CT molecular complexity index is 1670. The second-order valence-electron chi connectivity index (χ2n) is 10.3. The van der Waals surface area contributed by atoms with Gasteiger partial charge in [-0.15, -0.1) is 0 Å². The smallest absolute Gasteiger partial charge is 0.358 e. The monoisotopic (exact) mass is 580 g/mol. The highest BCUT2D eigenvalue weighted by atomic mass is 19.1. The molecular formula is C34H33FN4O4. The molecular weight excluding hydrogens is 547 g/mol. The van der Waals surface area contributed by atoms with E-state index in [1.807, 2.05) is 66.5 Å². The first kappa shape index (κ1) is 29.4. The molecule has 0 amide bonds. The molecule has 1 aliphatic rings. The summed E-state index contributed by atoms with van der Waals surface area (Å²) in [6, 6.07) is 26.7. The number of fused-ring (bicyclic) bond motifs is 1. The molecule has 0 spiro atoms. The zero-order valence-corrected chi connectivity index (χ0v) is 24.3. The molecule has 0 saturated carbocycles. The number of anilines is 1. The molecule has 1 aromatic heterocycles. The van der Waals surface area contributed by atoms with E-state index < -0.39 is 17.8 Å². The second kappa shape index (κ2) is 12.8. The van der Waals surface area contributed by atoms with E-state index in [9.17, 15) is 15.2 Å². The third-order valence-electron chi connectivity index (χ3n) is 7.44.